The Labute approximate surface area is 431 Å². The number of carbonyl (C=O) groups is 3. The van der Waals surface area contributed by atoms with Crippen LogP contribution < -0.4 is 0 Å². The Bertz CT molecular complexity index is 1440. The quantitative estimate of drug-likeness (QED) is 0.0262. The summed E-state index contributed by atoms with van der Waals surface area (Å²) in [6, 6.07) is 0. The predicted octanol–water partition coefficient (Wildman–Crippen LogP) is 19.5. The predicted molar refractivity (Wildman–Crippen MR) is 302 cm³/mol. The molecule has 0 aliphatic heterocycles. The van der Waals surface area contributed by atoms with E-state index in [0.717, 1.165) is 109 Å². The molecule has 1 atom stereocenters. The van der Waals surface area contributed by atoms with E-state index in [-0.39, 0.29) is 37.5 Å². The molecule has 0 aromatic rings. The lowest BCUT2D eigenvalue weighted by Crippen LogP contribution is -2.30. The summed E-state index contributed by atoms with van der Waals surface area (Å²) in [7, 11) is 0. The highest BCUT2D eigenvalue weighted by Gasteiger charge is 2.19. The van der Waals surface area contributed by atoms with E-state index in [4.69, 9.17) is 14.2 Å². The summed E-state index contributed by atoms with van der Waals surface area (Å²) in [5, 5.41) is 0. The van der Waals surface area contributed by atoms with Crippen molar-refractivity contribution in [1.82, 2.24) is 0 Å². The molecule has 0 radical (unpaired) electrons. The first kappa shape index (κ1) is 66.1. The van der Waals surface area contributed by atoms with E-state index < -0.39 is 6.10 Å². The first-order valence-electron chi connectivity index (χ1n) is 28.9. The summed E-state index contributed by atoms with van der Waals surface area (Å²) in [5.41, 5.74) is 0. The van der Waals surface area contributed by atoms with Crippen molar-refractivity contribution in [3.05, 3.63) is 109 Å². The Kier molecular flexibility index (Phi) is 54.4. The fraction of sp³-hybridized carbons (Fsp3) is 0.672. The van der Waals surface area contributed by atoms with Crippen LogP contribution in [0.15, 0.2) is 109 Å². The van der Waals surface area contributed by atoms with Crippen molar-refractivity contribution in [3.8, 4) is 0 Å². The fourth-order valence-electron chi connectivity index (χ4n) is 7.66. The van der Waals surface area contributed by atoms with E-state index >= 15 is 0 Å². The average molecular weight is 972 g/mol. The molecule has 0 amide bonds. The van der Waals surface area contributed by atoms with Gasteiger partial charge in [-0.15, -0.1) is 0 Å². The van der Waals surface area contributed by atoms with Gasteiger partial charge in [0.05, 0.1) is 0 Å². The van der Waals surface area contributed by atoms with E-state index in [1.807, 2.05) is 0 Å². The molecule has 70 heavy (non-hydrogen) atoms. The van der Waals surface area contributed by atoms with Gasteiger partial charge in [0.15, 0.2) is 6.10 Å². The van der Waals surface area contributed by atoms with Gasteiger partial charge in [0.2, 0.25) is 0 Å². The Hall–Kier alpha value is -3.93. The van der Waals surface area contributed by atoms with Crippen molar-refractivity contribution < 1.29 is 28.6 Å². The smallest absolute Gasteiger partial charge is 0.306 e. The number of hydrogen-bond acceptors (Lipinski definition) is 6. The number of esters is 3. The maximum atomic E-state index is 12.8. The van der Waals surface area contributed by atoms with Crippen LogP contribution in [-0.2, 0) is 28.6 Å². The Morgan fingerprint density at radius 3 is 0.943 bits per heavy atom. The second-order valence-electron chi connectivity index (χ2n) is 18.8. The normalized spacial score (nSPS) is 12.9. The maximum Gasteiger partial charge on any atom is 0.306 e. The standard InChI is InChI=1S/C64H106O6/c1-4-7-10-13-16-19-22-25-28-31-32-34-36-39-42-45-48-51-54-57-63(66)69-60-61(59-68-62(65)56-53-50-47-44-41-38-35-30-27-24-21-18-15-12-9-6-3)70-64(67)58-55-52-49-46-43-40-37-33-29-26-23-20-17-14-11-8-5-2/h8,11,16-17,19-21,24-26,28-30,35,37,40,46,49,61H,4-7,9-10,12-15,18,22-23,27,31-34,36,38-39,41-45,47-48,50-60H2,1-3H3/b11-8-,19-16-,20-17-,24-21-,28-25-,29-26-,35-30-,40-37-,49-46-. The highest BCUT2D eigenvalue weighted by molar-refractivity contribution is 5.71. The minimum Gasteiger partial charge on any atom is -0.462 e. The number of hydrogen-bond donors (Lipinski definition) is 0. The summed E-state index contributed by atoms with van der Waals surface area (Å²) < 4.78 is 16.8. The van der Waals surface area contributed by atoms with Crippen molar-refractivity contribution in [3.63, 3.8) is 0 Å². The highest BCUT2D eigenvalue weighted by atomic mass is 16.6. The zero-order valence-electron chi connectivity index (χ0n) is 45.5. The van der Waals surface area contributed by atoms with Gasteiger partial charge in [-0.1, -0.05) is 226 Å². The molecular formula is C64H106O6. The Morgan fingerprint density at radius 2 is 0.571 bits per heavy atom. The van der Waals surface area contributed by atoms with Crippen molar-refractivity contribution in [2.75, 3.05) is 13.2 Å². The van der Waals surface area contributed by atoms with Gasteiger partial charge in [-0.3, -0.25) is 14.4 Å². The second kappa shape index (κ2) is 57.6. The van der Waals surface area contributed by atoms with Gasteiger partial charge in [-0.05, 0) is 122 Å². The molecule has 0 aromatic heterocycles. The summed E-state index contributed by atoms with van der Waals surface area (Å²) in [4.78, 5) is 38.2. The van der Waals surface area contributed by atoms with Crippen LogP contribution in [0.3, 0.4) is 0 Å². The minimum atomic E-state index is -0.818. The van der Waals surface area contributed by atoms with E-state index in [2.05, 4.69) is 130 Å². The number of carbonyl (C=O) groups excluding carboxylic acids is 3. The molecule has 0 spiro atoms. The zero-order chi connectivity index (χ0) is 50.7. The maximum absolute atomic E-state index is 12.8. The molecule has 0 fully saturated rings. The Morgan fingerprint density at radius 1 is 0.300 bits per heavy atom. The topological polar surface area (TPSA) is 78.9 Å². The van der Waals surface area contributed by atoms with Crippen molar-refractivity contribution in [2.45, 2.75) is 264 Å². The molecule has 0 N–H and O–H groups in total. The SMILES string of the molecule is CC/C=C\C/C=C\C/C=C\C/C=C\C/C=C\CCCC(=O)OC(COC(=O)CCCCCCC/C=C\C/C=C\CCCCCC)COC(=O)CCCCCCCCCCC/C=C\C/C=C\CCCCC. The molecule has 0 aromatic carbocycles. The largest absolute Gasteiger partial charge is 0.462 e. The number of rotatable bonds is 51. The van der Waals surface area contributed by atoms with Crippen molar-refractivity contribution in [2.24, 2.45) is 0 Å². The summed E-state index contributed by atoms with van der Waals surface area (Å²) in [6.07, 6.45) is 77.9. The van der Waals surface area contributed by atoms with E-state index in [0.29, 0.717) is 19.3 Å². The third kappa shape index (κ3) is 55.0. The molecule has 0 heterocycles. The summed E-state index contributed by atoms with van der Waals surface area (Å²) in [6.45, 7) is 6.42. The van der Waals surface area contributed by atoms with Gasteiger partial charge in [-0.25, -0.2) is 0 Å². The summed E-state index contributed by atoms with van der Waals surface area (Å²) >= 11 is 0. The van der Waals surface area contributed by atoms with Gasteiger partial charge < -0.3 is 14.2 Å². The molecule has 1 unspecified atom stereocenters. The molecule has 0 aliphatic rings. The molecule has 398 valence electrons. The van der Waals surface area contributed by atoms with Gasteiger partial charge in [0, 0.05) is 19.3 Å². The molecule has 0 aliphatic carbocycles. The van der Waals surface area contributed by atoms with Crippen molar-refractivity contribution >= 4 is 17.9 Å². The molecule has 0 rings (SSSR count). The van der Waals surface area contributed by atoms with E-state index in [1.54, 1.807) is 0 Å². The van der Waals surface area contributed by atoms with Crippen LogP contribution in [0.1, 0.15) is 258 Å². The average Bonchev–Trinajstić information content (AvgIpc) is 3.36. The van der Waals surface area contributed by atoms with Crippen LogP contribution in [0.2, 0.25) is 0 Å². The van der Waals surface area contributed by atoms with Gasteiger partial charge in [0.1, 0.15) is 13.2 Å². The van der Waals surface area contributed by atoms with E-state index in [1.165, 1.54) is 103 Å². The lowest BCUT2D eigenvalue weighted by Gasteiger charge is -2.18. The van der Waals surface area contributed by atoms with Crippen molar-refractivity contribution in [1.29, 1.82) is 0 Å². The van der Waals surface area contributed by atoms with Crippen LogP contribution in [0.4, 0.5) is 0 Å². The third-order valence-electron chi connectivity index (χ3n) is 12.0. The van der Waals surface area contributed by atoms with Crippen LogP contribution in [0.5, 0.6) is 0 Å². The van der Waals surface area contributed by atoms with Gasteiger partial charge in [-0.2, -0.15) is 0 Å². The van der Waals surface area contributed by atoms with Crippen LogP contribution in [0, 0.1) is 0 Å². The van der Waals surface area contributed by atoms with Gasteiger partial charge in [0.25, 0.3) is 0 Å². The minimum absolute atomic E-state index is 0.109. The lowest BCUT2D eigenvalue weighted by molar-refractivity contribution is -0.167. The lowest BCUT2D eigenvalue weighted by atomic mass is 10.1. The molecule has 0 bridgehead atoms. The fourth-order valence-corrected chi connectivity index (χ4v) is 7.66. The number of ether oxygens (including phenoxy) is 3. The summed E-state index contributed by atoms with van der Waals surface area (Å²) in [5.74, 6) is -0.985. The zero-order valence-corrected chi connectivity index (χ0v) is 45.5. The molecule has 6 nitrogen and oxygen atoms in total. The second-order valence-corrected chi connectivity index (χ2v) is 18.8. The third-order valence-corrected chi connectivity index (χ3v) is 12.0. The molecule has 0 saturated heterocycles. The Balaban J connectivity index is 4.50. The first-order valence-corrected chi connectivity index (χ1v) is 28.9. The van der Waals surface area contributed by atoms with Crippen LogP contribution in [0.25, 0.3) is 0 Å². The monoisotopic (exact) mass is 971 g/mol. The van der Waals surface area contributed by atoms with E-state index in [9.17, 15) is 14.4 Å². The van der Waals surface area contributed by atoms with Crippen LogP contribution >= 0.6 is 0 Å². The molecular weight excluding hydrogens is 865 g/mol. The molecule has 0 saturated carbocycles. The first-order chi connectivity index (χ1) is 34.5. The molecule has 6 heteroatoms. The van der Waals surface area contributed by atoms with Crippen LogP contribution in [-0.4, -0.2) is 37.2 Å². The number of allylic oxidation sites excluding steroid dienone is 18. The highest BCUT2D eigenvalue weighted by Crippen LogP contribution is 2.14. The number of unbranched alkanes of at least 4 members (excludes halogenated alkanes) is 22. The van der Waals surface area contributed by atoms with Gasteiger partial charge >= 0.3 is 17.9 Å².